The van der Waals surface area contributed by atoms with Crippen LogP contribution in [0.25, 0.3) is 0 Å². The molecule has 0 atom stereocenters. The van der Waals surface area contributed by atoms with E-state index in [0.29, 0.717) is 5.95 Å². The highest BCUT2D eigenvalue weighted by Crippen LogP contribution is 2.30. The molecule has 1 heterocycles. The lowest BCUT2D eigenvalue weighted by Gasteiger charge is -2.18. The van der Waals surface area contributed by atoms with Crippen LogP contribution in [0.3, 0.4) is 0 Å². The third-order valence-corrected chi connectivity index (χ3v) is 6.43. The van der Waals surface area contributed by atoms with Crippen LogP contribution in [0.2, 0.25) is 0 Å². The minimum atomic E-state index is 0.614. The van der Waals surface area contributed by atoms with E-state index in [4.69, 9.17) is 4.98 Å². The fourth-order valence-corrected chi connectivity index (χ4v) is 3.49. The van der Waals surface area contributed by atoms with Crippen molar-refractivity contribution >= 4 is 23.1 Å². The molecule has 3 rings (SSSR count). The average molecular weight is 389 g/mol. The van der Waals surface area contributed by atoms with Crippen LogP contribution in [-0.4, -0.2) is 9.97 Å². The van der Waals surface area contributed by atoms with Crippen LogP contribution in [0, 0.1) is 62.3 Å². The molecule has 4 nitrogen and oxygen atoms in total. The van der Waals surface area contributed by atoms with Gasteiger partial charge in [0.2, 0.25) is 5.95 Å². The summed E-state index contributed by atoms with van der Waals surface area (Å²) in [5.74, 6) is 1.45. The number of benzene rings is 2. The van der Waals surface area contributed by atoms with Crippen LogP contribution >= 0.6 is 0 Å². The Labute approximate surface area is 174 Å². The Bertz CT molecular complexity index is 1100. The lowest BCUT2D eigenvalue weighted by molar-refractivity contribution is 1.07. The number of nitrogens with zero attached hydrogens (tertiary/aromatic N) is 2. The van der Waals surface area contributed by atoms with Crippen molar-refractivity contribution in [1.82, 2.24) is 9.97 Å². The summed E-state index contributed by atoms with van der Waals surface area (Å²) in [6.07, 6.45) is 0. The number of anilines is 4. The van der Waals surface area contributed by atoms with Crippen molar-refractivity contribution in [1.29, 1.82) is 0 Å². The van der Waals surface area contributed by atoms with E-state index in [1.165, 1.54) is 38.9 Å². The Hall–Kier alpha value is -2.88. The summed E-state index contributed by atoms with van der Waals surface area (Å²) in [5.41, 5.74) is 13.1. The molecular weight excluding hydrogens is 356 g/mol. The smallest absolute Gasteiger partial charge is 0.229 e. The predicted molar refractivity (Wildman–Crippen MR) is 124 cm³/mol. The summed E-state index contributed by atoms with van der Waals surface area (Å²) in [5, 5.41) is 6.98. The summed E-state index contributed by atoms with van der Waals surface area (Å²) < 4.78 is 0. The fraction of sp³-hybridized carbons (Fsp3) is 0.360. The van der Waals surface area contributed by atoms with Crippen LogP contribution < -0.4 is 10.6 Å². The molecule has 0 spiro atoms. The third-order valence-electron chi connectivity index (χ3n) is 6.43. The zero-order chi connectivity index (χ0) is 21.5. The molecule has 0 aliphatic carbocycles. The minimum Gasteiger partial charge on any atom is -0.340 e. The maximum absolute atomic E-state index is 4.81. The number of nitrogens with one attached hydrogen (secondary N) is 2. The van der Waals surface area contributed by atoms with E-state index in [9.17, 15) is 0 Å². The van der Waals surface area contributed by atoms with E-state index in [-0.39, 0.29) is 0 Å². The molecule has 0 aliphatic heterocycles. The highest BCUT2D eigenvalue weighted by Gasteiger charge is 2.13. The van der Waals surface area contributed by atoms with E-state index in [1.54, 1.807) is 0 Å². The molecule has 0 saturated carbocycles. The van der Waals surface area contributed by atoms with Crippen LogP contribution in [0.4, 0.5) is 23.1 Å². The minimum absolute atomic E-state index is 0.614. The van der Waals surface area contributed by atoms with E-state index >= 15 is 0 Å². The maximum atomic E-state index is 4.81. The normalized spacial score (nSPS) is 10.9. The average Bonchev–Trinajstić information content (AvgIpc) is 2.68. The van der Waals surface area contributed by atoms with Crippen LogP contribution in [0.5, 0.6) is 0 Å². The standard InChI is InChI=1S/C25H32N4/c1-13-10-11-22(18(6)15(13)3)27-24-20(8)21(9)26-25(29-24)28-23-12-14(2)16(4)17(5)19(23)7/h10-12H,1-9H3,(H2,26,27,28,29). The second-order valence-electron chi connectivity index (χ2n) is 8.15. The summed E-state index contributed by atoms with van der Waals surface area (Å²) in [4.78, 5) is 9.49. The molecule has 0 radical (unpaired) electrons. The second kappa shape index (κ2) is 7.86. The van der Waals surface area contributed by atoms with Gasteiger partial charge in [0.1, 0.15) is 5.82 Å². The van der Waals surface area contributed by atoms with Gasteiger partial charge in [-0.05, 0) is 113 Å². The first-order chi connectivity index (χ1) is 13.6. The first-order valence-electron chi connectivity index (χ1n) is 10.1. The maximum Gasteiger partial charge on any atom is 0.229 e. The molecular formula is C25H32N4. The molecule has 0 amide bonds. The first kappa shape index (κ1) is 20.8. The highest BCUT2D eigenvalue weighted by atomic mass is 15.1. The summed E-state index contributed by atoms with van der Waals surface area (Å²) in [6.45, 7) is 19.2. The van der Waals surface area contributed by atoms with Gasteiger partial charge in [-0.25, -0.2) is 4.98 Å². The number of hydrogen-bond acceptors (Lipinski definition) is 4. The molecule has 2 N–H and O–H groups in total. The zero-order valence-electron chi connectivity index (χ0n) is 19.1. The molecule has 0 fully saturated rings. The van der Waals surface area contributed by atoms with Crippen molar-refractivity contribution in [3.05, 3.63) is 68.4 Å². The number of hydrogen-bond donors (Lipinski definition) is 2. The fourth-order valence-electron chi connectivity index (χ4n) is 3.49. The Morgan fingerprint density at radius 2 is 1.17 bits per heavy atom. The largest absolute Gasteiger partial charge is 0.340 e. The van der Waals surface area contributed by atoms with E-state index in [0.717, 1.165) is 28.5 Å². The molecule has 1 aromatic heterocycles. The summed E-state index contributed by atoms with van der Waals surface area (Å²) >= 11 is 0. The molecule has 0 unspecified atom stereocenters. The SMILES string of the molecule is Cc1ccc(Nc2nc(Nc3cc(C)c(C)c(C)c3C)nc(C)c2C)c(C)c1C. The molecule has 4 heteroatoms. The van der Waals surface area contributed by atoms with Crippen molar-refractivity contribution < 1.29 is 0 Å². The van der Waals surface area contributed by atoms with Gasteiger partial charge in [0.15, 0.2) is 0 Å². The van der Waals surface area contributed by atoms with Crippen molar-refractivity contribution in [2.45, 2.75) is 62.3 Å². The quantitative estimate of drug-likeness (QED) is 0.519. The number of aromatic nitrogens is 2. The van der Waals surface area contributed by atoms with Gasteiger partial charge in [-0.3, -0.25) is 0 Å². The van der Waals surface area contributed by atoms with Crippen molar-refractivity contribution in [2.75, 3.05) is 10.6 Å². The summed E-state index contributed by atoms with van der Waals surface area (Å²) in [7, 11) is 0. The van der Waals surface area contributed by atoms with Crippen molar-refractivity contribution in [3.63, 3.8) is 0 Å². The molecule has 3 aromatic rings. The van der Waals surface area contributed by atoms with E-state index in [1.807, 2.05) is 6.92 Å². The monoisotopic (exact) mass is 388 g/mol. The van der Waals surface area contributed by atoms with Crippen LogP contribution in [0.1, 0.15) is 50.2 Å². The molecule has 0 bridgehead atoms. The Morgan fingerprint density at radius 3 is 1.86 bits per heavy atom. The topological polar surface area (TPSA) is 49.8 Å². The lowest BCUT2D eigenvalue weighted by atomic mass is 9.98. The van der Waals surface area contributed by atoms with Gasteiger partial charge < -0.3 is 10.6 Å². The molecule has 0 aliphatic rings. The van der Waals surface area contributed by atoms with Gasteiger partial charge in [0, 0.05) is 22.6 Å². The predicted octanol–water partition coefficient (Wildman–Crippen LogP) is 6.74. The van der Waals surface area contributed by atoms with Gasteiger partial charge in [-0.2, -0.15) is 4.98 Å². The molecule has 29 heavy (non-hydrogen) atoms. The van der Waals surface area contributed by atoms with Gasteiger partial charge in [0.05, 0.1) is 0 Å². The summed E-state index contributed by atoms with van der Waals surface area (Å²) in [6, 6.07) is 6.45. The Morgan fingerprint density at radius 1 is 0.552 bits per heavy atom. The molecule has 152 valence electrons. The zero-order valence-corrected chi connectivity index (χ0v) is 19.1. The van der Waals surface area contributed by atoms with E-state index < -0.39 is 0 Å². The Balaban J connectivity index is 2.00. The third kappa shape index (κ3) is 3.98. The number of rotatable bonds is 4. The molecule has 2 aromatic carbocycles. The first-order valence-corrected chi connectivity index (χ1v) is 10.1. The van der Waals surface area contributed by atoms with Crippen LogP contribution in [0.15, 0.2) is 18.2 Å². The van der Waals surface area contributed by atoms with Gasteiger partial charge in [-0.1, -0.05) is 6.07 Å². The van der Waals surface area contributed by atoms with E-state index in [2.05, 4.69) is 89.2 Å². The van der Waals surface area contributed by atoms with Gasteiger partial charge >= 0.3 is 0 Å². The highest BCUT2D eigenvalue weighted by molar-refractivity contribution is 5.68. The number of aryl methyl sites for hydroxylation is 3. The van der Waals surface area contributed by atoms with Crippen LogP contribution in [-0.2, 0) is 0 Å². The lowest BCUT2D eigenvalue weighted by Crippen LogP contribution is -2.08. The van der Waals surface area contributed by atoms with Crippen molar-refractivity contribution in [3.8, 4) is 0 Å². The van der Waals surface area contributed by atoms with Crippen molar-refractivity contribution in [2.24, 2.45) is 0 Å². The second-order valence-corrected chi connectivity index (χ2v) is 8.15. The molecule has 0 saturated heterocycles. The van der Waals surface area contributed by atoms with Gasteiger partial charge in [-0.15, -0.1) is 0 Å². The van der Waals surface area contributed by atoms with Gasteiger partial charge in [0.25, 0.3) is 0 Å². The Kier molecular flexibility index (Phi) is 5.65.